The Hall–Kier alpha value is -2.85. The first-order valence-corrected chi connectivity index (χ1v) is 9.24. The second-order valence-corrected chi connectivity index (χ2v) is 6.85. The van der Waals surface area contributed by atoms with Gasteiger partial charge in [-0.05, 0) is 25.1 Å². The third kappa shape index (κ3) is 3.70. The van der Waals surface area contributed by atoms with E-state index in [0.717, 1.165) is 4.52 Å². The molecule has 0 spiro atoms. The standard InChI is InChI=1S/C15H13ClN4O5S/c1-2-24-12-9-8-11-17-13(16)14(20(11)18-12)26(22,23)19-15(21)25-10-6-4-3-5-7-10/h3-9H,2H2,1H3,(H,19,21). The number of nitrogens with zero attached hydrogens (tertiary/aromatic N) is 3. The first kappa shape index (κ1) is 18.0. The fourth-order valence-corrected chi connectivity index (χ4v) is 3.55. The minimum absolute atomic E-state index is 0.176. The molecule has 0 fully saturated rings. The zero-order valence-corrected chi connectivity index (χ0v) is 15.0. The Morgan fingerprint density at radius 3 is 2.65 bits per heavy atom. The highest BCUT2D eigenvalue weighted by atomic mass is 35.5. The summed E-state index contributed by atoms with van der Waals surface area (Å²) in [4.78, 5) is 15.8. The van der Waals surface area contributed by atoms with Gasteiger partial charge in [0, 0.05) is 6.07 Å². The molecule has 0 aliphatic carbocycles. The quantitative estimate of drug-likeness (QED) is 0.703. The zero-order chi connectivity index (χ0) is 18.7. The average molecular weight is 397 g/mol. The first-order valence-electron chi connectivity index (χ1n) is 7.38. The Morgan fingerprint density at radius 1 is 1.23 bits per heavy atom. The topological polar surface area (TPSA) is 112 Å². The molecule has 2 heterocycles. The van der Waals surface area contributed by atoms with Gasteiger partial charge in [0.2, 0.25) is 10.9 Å². The third-order valence-corrected chi connectivity index (χ3v) is 4.78. The maximum atomic E-state index is 12.6. The summed E-state index contributed by atoms with van der Waals surface area (Å²) in [5.74, 6) is 0.360. The number of sulfonamides is 1. The predicted octanol–water partition coefficient (Wildman–Crippen LogP) is 2.26. The van der Waals surface area contributed by atoms with Crippen LogP contribution in [0, 0.1) is 0 Å². The molecule has 3 aromatic rings. The van der Waals surface area contributed by atoms with Gasteiger partial charge in [-0.25, -0.2) is 14.5 Å². The summed E-state index contributed by atoms with van der Waals surface area (Å²) in [5, 5.41) is 3.18. The molecule has 0 aliphatic heterocycles. The molecule has 11 heteroatoms. The van der Waals surface area contributed by atoms with Crippen molar-refractivity contribution in [2.45, 2.75) is 11.9 Å². The highest BCUT2D eigenvalue weighted by molar-refractivity contribution is 7.90. The molecule has 1 amide bonds. The van der Waals surface area contributed by atoms with E-state index in [4.69, 9.17) is 21.1 Å². The molecule has 26 heavy (non-hydrogen) atoms. The molecule has 0 saturated heterocycles. The van der Waals surface area contributed by atoms with Gasteiger partial charge in [0.05, 0.1) is 6.61 Å². The van der Waals surface area contributed by atoms with Crippen molar-refractivity contribution in [3.8, 4) is 11.6 Å². The lowest BCUT2D eigenvalue weighted by Crippen LogP contribution is -2.34. The number of imidazole rings is 1. The number of hydrogen-bond acceptors (Lipinski definition) is 7. The molecule has 0 unspecified atom stereocenters. The first-order chi connectivity index (χ1) is 12.4. The number of fused-ring (bicyclic) bond motifs is 1. The molecule has 3 rings (SSSR count). The molecular formula is C15H13ClN4O5S. The molecule has 136 valence electrons. The van der Waals surface area contributed by atoms with Gasteiger partial charge in [0.1, 0.15) is 5.75 Å². The predicted molar refractivity (Wildman–Crippen MR) is 92.0 cm³/mol. The third-order valence-electron chi connectivity index (χ3n) is 3.09. The van der Waals surface area contributed by atoms with E-state index in [1.807, 2.05) is 0 Å². The van der Waals surface area contributed by atoms with Crippen molar-refractivity contribution in [2.24, 2.45) is 0 Å². The maximum Gasteiger partial charge on any atom is 0.426 e. The minimum Gasteiger partial charge on any atom is -0.477 e. The molecule has 1 N–H and O–H groups in total. The van der Waals surface area contributed by atoms with Crippen LogP contribution in [0.15, 0.2) is 47.5 Å². The maximum absolute atomic E-state index is 12.6. The van der Waals surface area contributed by atoms with Gasteiger partial charge in [-0.3, -0.25) is 0 Å². The normalized spacial score (nSPS) is 11.3. The van der Waals surface area contributed by atoms with Crippen LogP contribution in [0.25, 0.3) is 5.65 Å². The highest BCUT2D eigenvalue weighted by Gasteiger charge is 2.28. The monoisotopic (exact) mass is 396 g/mol. The number of hydrogen-bond donors (Lipinski definition) is 1. The number of aromatic nitrogens is 3. The summed E-state index contributed by atoms with van der Waals surface area (Å²) in [5.41, 5.74) is 0.176. The number of carbonyl (C=O) groups excluding carboxylic acids is 1. The number of nitrogens with one attached hydrogen (secondary N) is 1. The number of para-hydroxylation sites is 1. The van der Waals surface area contributed by atoms with E-state index in [9.17, 15) is 13.2 Å². The number of carbonyl (C=O) groups is 1. The van der Waals surface area contributed by atoms with Crippen LogP contribution >= 0.6 is 11.6 Å². The Balaban J connectivity index is 1.92. The van der Waals surface area contributed by atoms with Crippen LogP contribution in [-0.4, -0.2) is 35.7 Å². The molecule has 2 aromatic heterocycles. The van der Waals surface area contributed by atoms with Gasteiger partial charge in [-0.15, -0.1) is 5.10 Å². The van der Waals surface area contributed by atoms with Crippen LogP contribution < -0.4 is 14.2 Å². The van der Waals surface area contributed by atoms with Crippen molar-refractivity contribution in [3.05, 3.63) is 47.6 Å². The molecule has 1 aromatic carbocycles. The Kier molecular flexibility index (Phi) is 4.96. The van der Waals surface area contributed by atoms with E-state index in [1.165, 1.54) is 24.3 Å². The summed E-state index contributed by atoms with van der Waals surface area (Å²) >= 11 is 5.94. The van der Waals surface area contributed by atoms with Crippen molar-refractivity contribution in [2.75, 3.05) is 6.61 Å². The smallest absolute Gasteiger partial charge is 0.426 e. The average Bonchev–Trinajstić information content (AvgIpc) is 2.91. The van der Waals surface area contributed by atoms with E-state index >= 15 is 0 Å². The highest BCUT2D eigenvalue weighted by Crippen LogP contribution is 2.23. The van der Waals surface area contributed by atoms with Crippen LogP contribution in [0.1, 0.15) is 6.92 Å². The summed E-state index contributed by atoms with van der Waals surface area (Å²) in [6.07, 6.45) is -1.19. The SMILES string of the molecule is CCOc1ccc2nc(Cl)c(S(=O)(=O)NC(=O)Oc3ccccc3)n2n1. The van der Waals surface area contributed by atoms with Gasteiger partial charge in [0.15, 0.2) is 10.8 Å². The van der Waals surface area contributed by atoms with Crippen molar-refractivity contribution in [3.63, 3.8) is 0 Å². The van der Waals surface area contributed by atoms with E-state index in [-0.39, 0.29) is 22.4 Å². The number of ether oxygens (including phenoxy) is 2. The molecule has 0 atom stereocenters. The molecule has 9 nitrogen and oxygen atoms in total. The molecule has 0 radical (unpaired) electrons. The molecular weight excluding hydrogens is 384 g/mol. The van der Waals surface area contributed by atoms with Gasteiger partial charge < -0.3 is 9.47 Å². The van der Waals surface area contributed by atoms with Gasteiger partial charge in [-0.2, -0.15) is 12.9 Å². The van der Waals surface area contributed by atoms with Crippen molar-refractivity contribution >= 4 is 33.4 Å². The van der Waals surface area contributed by atoms with E-state index in [2.05, 4.69) is 10.1 Å². The lowest BCUT2D eigenvalue weighted by molar-refractivity contribution is 0.206. The number of rotatable bonds is 5. The lowest BCUT2D eigenvalue weighted by Gasteiger charge is -2.08. The molecule has 0 bridgehead atoms. The second-order valence-electron chi connectivity index (χ2n) is 4.89. The van der Waals surface area contributed by atoms with E-state index in [1.54, 1.807) is 29.8 Å². The second kappa shape index (κ2) is 7.18. The van der Waals surface area contributed by atoms with Crippen LogP contribution in [-0.2, 0) is 10.0 Å². The van der Waals surface area contributed by atoms with Crippen LogP contribution in [0.2, 0.25) is 5.15 Å². The Morgan fingerprint density at radius 2 is 1.96 bits per heavy atom. The number of halogens is 1. The summed E-state index contributed by atoms with van der Waals surface area (Å²) < 4.78 is 38.0. The van der Waals surface area contributed by atoms with E-state index < -0.39 is 21.1 Å². The van der Waals surface area contributed by atoms with Crippen LogP contribution in [0.5, 0.6) is 11.6 Å². The zero-order valence-electron chi connectivity index (χ0n) is 13.4. The molecule has 0 aliphatic rings. The molecule has 0 saturated carbocycles. The van der Waals surface area contributed by atoms with Gasteiger partial charge >= 0.3 is 6.09 Å². The van der Waals surface area contributed by atoms with Crippen molar-refractivity contribution in [1.82, 2.24) is 19.3 Å². The largest absolute Gasteiger partial charge is 0.477 e. The Labute approximate surface area is 153 Å². The minimum atomic E-state index is -4.40. The van der Waals surface area contributed by atoms with Crippen molar-refractivity contribution in [1.29, 1.82) is 0 Å². The van der Waals surface area contributed by atoms with Gasteiger partial charge in [0.25, 0.3) is 10.0 Å². The van der Waals surface area contributed by atoms with Crippen molar-refractivity contribution < 1.29 is 22.7 Å². The van der Waals surface area contributed by atoms with E-state index in [0.29, 0.717) is 6.61 Å². The number of amides is 1. The van der Waals surface area contributed by atoms with Gasteiger partial charge in [-0.1, -0.05) is 29.8 Å². The van der Waals surface area contributed by atoms with Crippen LogP contribution in [0.3, 0.4) is 0 Å². The number of benzene rings is 1. The summed E-state index contributed by atoms with van der Waals surface area (Å²) in [6, 6.07) is 11.0. The fraction of sp³-hybridized carbons (Fsp3) is 0.133. The van der Waals surface area contributed by atoms with Crippen LogP contribution in [0.4, 0.5) is 4.79 Å². The summed E-state index contributed by atoms with van der Waals surface area (Å²) in [6.45, 7) is 2.09. The fourth-order valence-electron chi connectivity index (χ4n) is 2.09. The summed E-state index contributed by atoms with van der Waals surface area (Å²) in [7, 11) is -4.40. The Bertz CT molecular complexity index is 1050. The lowest BCUT2D eigenvalue weighted by atomic mass is 10.3.